The van der Waals surface area contributed by atoms with Gasteiger partial charge in [0.2, 0.25) is 15.9 Å². The van der Waals surface area contributed by atoms with Crippen molar-refractivity contribution in [3.8, 4) is 0 Å². The molecule has 4 rings (SSSR count). The molecule has 1 N–H and O–H groups in total. The third kappa shape index (κ3) is 5.04. The number of amides is 1. The molecule has 1 amide bonds. The average Bonchev–Trinajstić information content (AvgIpc) is 2.85. The maximum Gasteiger partial charge on any atom is 0.243 e. The van der Waals surface area contributed by atoms with Crippen LogP contribution in [0.25, 0.3) is 0 Å². The molecule has 1 fully saturated rings. The van der Waals surface area contributed by atoms with Crippen LogP contribution in [0.4, 0.5) is 20.2 Å². The fraction of sp³-hybridized carbons (Fsp3) is 0.208. The van der Waals surface area contributed by atoms with Gasteiger partial charge in [-0.05, 0) is 55.3 Å². The molecule has 3 aromatic rings. The number of rotatable bonds is 6. The van der Waals surface area contributed by atoms with Gasteiger partial charge in [0.15, 0.2) is 11.6 Å². The molecule has 0 radical (unpaired) electrons. The van der Waals surface area contributed by atoms with Crippen LogP contribution >= 0.6 is 0 Å². The lowest BCUT2D eigenvalue weighted by atomic mass is 9.97. The highest BCUT2D eigenvalue weighted by atomic mass is 32.2. The number of hydrogen-bond donors (Lipinski definition) is 1. The molecule has 0 aromatic heterocycles. The molecule has 6 nitrogen and oxygen atoms in total. The van der Waals surface area contributed by atoms with Crippen molar-refractivity contribution in [3.05, 3.63) is 90.5 Å². The lowest BCUT2D eigenvalue weighted by Crippen LogP contribution is -2.47. The maximum atomic E-state index is 13.5. The van der Waals surface area contributed by atoms with E-state index in [0.29, 0.717) is 18.9 Å². The molecule has 1 aliphatic heterocycles. The van der Waals surface area contributed by atoms with E-state index in [1.165, 1.54) is 4.31 Å². The van der Waals surface area contributed by atoms with Gasteiger partial charge >= 0.3 is 0 Å². The van der Waals surface area contributed by atoms with E-state index in [1.807, 2.05) is 60.7 Å². The van der Waals surface area contributed by atoms with Crippen molar-refractivity contribution >= 4 is 27.3 Å². The summed E-state index contributed by atoms with van der Waals surface area (Å²) in [5.41, 5.74) is 4.53. The third-order valence-corrected chi connectivity index (χ3v) is 7.50. The summed E-state index contributed by atoms with van der Waals surface area (Å²) in [5, 5.41) is 1.70. The zero-order valence-corrected chi connectivity index (χ0v) is 18.5. The largest absolute Gasteiger partial charge is 0.273 e. The summed E-state index contributed by atoms with van der Waals surface area (Å²) in [6.45, 7) is 0.214. The summed E-state index contributed by atoms with van der Waals surface area (Å²) in [6.07, 6.45) is 0.623. The van der Waals surface area contributed by atoms with Gasteiger partial charge in [-0.2, -0.15) is 4.31 Å². The van der Waals surface area contributed by atoms with Crippen LogP contribution in [0, 0.1) is 17.6 Å². The number of nitrogens with one attached hydrogen (secondary N) is 1. The van der Waals surface area contributed by atoms with E-state index < -0.39 is 27.6 Å². The van der Waals surface area contributed by atoms with E-state index in [2.05, 4.69) is 5.43 Å². The van der Waals surface area contributed by atoms with Crippen LogP contribution in [-0.4, -0.2) is 31.7 Å². The predicted molar refractivity (Wildman–Crippen MR) is 121 cm³/mol. The highest BCUT2D eigenvalue weighted by molar-refractivity contribution is 7.89. The fourth-order valence-electron chi connectivity index (χ4n) is 3.78. The minimum Gasteiger partial charge on any atom is -0.273 e. The van der Waals surface area contributed by atoms with E-state index in [-0.39, 0.29) is 23.9 Å². The SMILES string of the molecule is O=C(NN(c1ccccc1)c1ccccc1)C1CCN(S(=O)(=O)c2ccc(F)c(F)c2)CC1. The Labute approximate surface area is 191 Å². The molecule has 1 heterocycles. The number of para-hydroxylation sites is 2. The molecular weight excluding hydrogens is 448 g/mol. The molecule has 0 bridgehead atoms. The number of sulfonamides is 1. The fourth-order valence-corrected chi connectivity index (χ4v) is 5.26. The Morgan fingerprint density at radius 3 is 1.91 bits per heavy atom. The molecule has 3 aromatic carbocycles. The standard InChI is InChI=1S/C24H23F2N3O3S/c25-22-12-11-21(17-23(22)26)33(31,32)28-15-13-18(14-16-28)24(30)27-29(19-7-3-1-4-8-19)20-9-5-2-6-10-20/h1-12,17-18H,13-16H2,(H,27,30). The zero-order valence-electron chi connectivity index (χ0n) is 17.7. The first-order valence-electron chi connectivity index (χ1n) is 10.5. The maximum absolute atomic E-state index is 13.5. The van der Waals surface area contributed by atoms with Gasteiger partial charge in [-0.25, -0.2) is 17.2 Å². The van der Waals surface area contributed by atoms with Gasteiger partial charge < -0.3 is 0 Å². The summed E-state index contributed by atoms with van der Waals surface area (Å²) in [5.74, 6) is -2.93. The number of hydrogen-bond acceptors (Lipinski definition) is 4. The third-order valence-electron chi connectivity index (χ3n) is 5.60. The number of halogens is 2. The minimum atomic E-state index is -3.97. The van der Waals surface area contributed by atoms with Crippen LogP contribution in [0.5, 0.6) is 0 Å². The lowest BCUT2D eigenvalue weighted by Gasteiger charge is -2.32. The van der Waals surface area contributed by atoms with Gasteiger partial charge in [0, 0.05) is 19.0 Å². The second-order valence-electron chi connectivity index (χ2n) is 7.74. The van der Waals surface area contributed by atoms with Crippen molar-refractivity contribution in [2.45, 2.75) is 17.7 Å². The molecule has 0 unspecified atom stereocenters. The Morgan fingerprint density at radius 1 is 0.848 bits per heavy atom. The van der Waals surface area contributed by atoms with E-state index in [9.17, 15) is 22.0 Å². The number of nitrogens with zero attached hydrogens (tertiary/aromatic N) is 2. The van der Waals surface area contributed by atoms with Crippen molar-refractivity contribution in [3.63, 3.8) is 0 Å². The second-order valence-corrected chi connectivity index (χ2v) is 9.67. The number of carbonyl (C=O) groups excluding carboxylic acids is 1. The molecule has 33 heavy (non-hydrogen) atoms. The van der Waals surface area contributed by atoms with Gasteiger partial charge in [0.1, 0.15) is 0 Å². The monoisotopic (exact) mass is 471 g/mol. The van der Waals surface area contributed by atoms with Crippen molar-refractivity contribution < 1.29 is 22.0 Å². The second kappa shape index (κ2) is 9.68. The Bertz CT molecular complexity index is 1180. The molecule has 1 saturated heterocycles. The van der Waals surface area contributed by atoms with Crippen molar-refractivity contribution in [1.82, 2.24) is 9.73 Å². The van der Waals surface area contributed by atoms with Crippen molar-refractivity contribution in [2.24, 2.45) is 5.92 Å². The van der Waals surface area contributed by atoms with Crippen molar-refractivity contribution in [2.75, 3.05) is 18.1 Å². The van der Waals surface area contributed by atoms with Crippen LogP contribution < -0.4 is 10.4 Å². The molecule has 0 atom stereocenters. The van der Waals surface area contributed by atoms with Crippen LogP contribution in [0.3, 0.4) is 0 Å². The van der Waals surface area contributed by atoms with Crippen LogP contribution in [0.15, 0.2) is 83.8 Å². The Balaban J connectivity index is 1.45. The van der Waals surface area contributed by atoms with E-state index in [0.717, 1.165) is 23.5 Å². The van der Waals surface area contributed by atoms with Crippen molar-refractivity contribution in [1.29, 1.82) is 0 Å². The topological polar surface area (TPSA) is 69.7 Å². The molecular formula is C24H23F2N3O3S. The minimum absolute atomic E-state index is 0.107. The number of carbonyl (C=O) groups is 1. The van der Waals surface area contributed by atoms with Crippen LogP contribution in [-0.2, 0) is 14.8 Å². The van der Waals surface area contributed by atoms with Crippen LogP contribution in [0.1, 0.15) is 12.8 Å². The highest BCUT2D eigenvalue weighted by Gasteiger charge is 2.33. The van der Waals surface area contributed by atoms with Gasteiger partial charge in [-0.3, -0.25) is 15.2 Å². The summed E-state index contributed by atoms with van der Waals surface area (Å²) in [4.78, 5) is 12.7. The summed E-state index contributed by atoms with van der Waals surface area (Å²) in [6, 6.07) is 21.3. The van der Waals surface area contributed by atoms with E-state index >= 15 is 0 Å². The quantitative estimate of drug-likeness (QED) is 0.546. The Morgan fingerprint density at radius 2 is 1.39 bits per heavy atom. The van der Waals surface area contributed by atoms with Gasteiger partial charge in [0.25, 0.3) is 0 Å². The van der Waals surface area contributed by atoms with Gasteiger partial charge in [-0.15, -0.1) is 0 Å². The van der Waals surface area contributed by atoms with Gasteiger partial charge in [-0.1, -0.05) is 36.4 Å². The molecule has 172 valence electrons. The first-order valence-corrected chi connectivity index (χ1v) is 12.0. The molecule has 9 heteroatoms. The molecule has 0 saturated carbocycles. The lowest BCUT2D eigenvalue weighted by molar-refractivity contribution is -0.126. The zero-order chi connectivity index (χ0) is 23.4. The summed E-state index contributed by atoms with van der Waals surface area (Å²) >= 11 is 0. The number of hydrazine groups is 1. The van der Waals surface area contributed by atoms with E-state index in [1.54, 1.807) is 5.01 Å². The first-order chi connectivity index (χ1) is 15.9. The molecule has 0 spiro atoms. The smallest absolute Gasteiger partial charge is 0.243 e. The van der Waals surface area contributed by atoms with E-state index in [4.69, 9.17) is 0 Å². The predicted octanol–water partition coefficient (Wildman–Crippen LogP) is 4.24. The highest BCUT2D eigenvalue weighted by Crippen LogP contribution is 2.27. The summed E-state index contributed by atoms with van der Waals surface area (Å²) < 4.78 is 53.5. The van der Waals surface area contributed by atoms with Crippen LogP contribution in [0.2, 0.25) is 0 Å². The Kier molecular flexibility index (Phi) is 6.71. The number of benzene rings is 3. The first kappa shape index (κ1) is 22.9. The van der Waals surface area contributed by atoms with Gasteiger partial charge in [0.05, 0.1) is 16.3 Å². The molecule has 0 aliphatic carbocycles. The normalized spacial score (nSPS) is 15.2. The number of piperidine rings is 1. The Hall–Kier alpha value is -3.30. The molecule has 1 aliphatic rings. The average molecular weight is 472 g/mol. The number of anilines is 2. The summed E-state index contributed by atoms with van der Waals surface area (Å²) in [7, 11) is -3.97.